The molecule has 1 heterocycles. The summed E-state index contributed by atoms with van der Waals surface area (Å²) in [7, 11) is 2.12. The first kappa shape index (κ1) is 14.7. The van der Waals surface area contributed by atoms with E-state index in [1.807, 2.05) is 18.5 Å². The largest absolute Gasteiger partial charge is 0.396 e. The van der Waals surface area contributed by atoms with Gasteiger partial charge in [-0.3, -0.25) is 9.88 Å². The Morgan fingerprint density at radius 3 is 2.45 bits per heavy atom. The second kappa shape index (κ2) is 7.78. The van der Waals surface area contributed by atoms with E-state index in [1.54, 1.807) is 0 Å². The maximum Gasteiger partial charge on any atom is 0.0449 e. The van der Waals surface area contributed by atoms with E-state index < -0.39 is 0 Å². The lowest BCUT2D eigenvalue weighted by atomic mass is 10.0. The molecule has 3 nitrogen and oxygen atoms in total. The van der Waals surface area contributed by atoms with E-state index in [2.05, 4.69) is 53.3 Å². The van der Waals surface area contributed by atoms with Crippen molar-refractivity contribution in [1.29, 1.82) is 0 Å². The van der Waals surface area contributed by atoms with Crippen LogP contribution >= 0.6 is 0 Å². The topological polar surface area (TPSA) is 36.4 Å². The van der Waals surface area contributed by atoms with Crippen LogP contribution in [0.3, 0.4) is 0 Å². The molecule has 3 heteroatoms. The van der Waals surface area contributed by atoms with E-state index >= 15 is 0 Å². The van der Waals surface area contributed by atoms with Crippen molar-refractivity contribution in [1.82, 2.24) is 9.88 Å². The maximum atomic E-state index is 9.30. The number of aromatic nitrogens is 1. The molecule has 2 rings (SSSR count). The normalized spacial score (nSPS) is 12.6. The molecule has 0 saturated carbocycles. The zero-order valence-electron chi connectivity index (χ0n) is 11.9. The van der Waals surface area contributed by atoms with Crippen molar-refractivity contribution < 1.29 is 5.11 Å². The smallest absolute Gasteiger partial charge is 0.0449 e. The SMILES string of the molecule is CN(CCc1ccncc1)C(CCO)c1ccccc1. The lowest BCUT2D eigenvalue weighted by Crippen LogP contribution is -2.27. The monoisotopic (exact) mass is 270 g/mol. The number of hydrogen-bond donors (Lipinski definition) is 1. The maximum absolute atomic E-state index is 9.30. The lowest BCUT2D eigenvalue weighted by molar-refractivity contribution is 0.187. The number of aliphatic hydroxyl groups is 1. The van der Waals surface area contributed by atoms with Crippen LogP contribution in [-0.2, 0) is 6.42 Å². The second-order valence-electron chi connectivity index (χ2n) is 5.02. The molecule has 0 fully saturated rings. The third kappa shape index (κ3) is 4.15. The van der Waals surface area contributed by atoms with Gasteiger partial charge < -0.3 is 5.11 Å². The minimum absolute atomic E-state index is 0.207. The van der Waals surface area contributed by atoms with Crippen molar-refractivity contribution >= 4 is 0 Å². The molecule has 106 valence electrons. The first-order chi connectivity index (χ1) is 9.81. The van der Waals surface area contributed by atoms with Gasteiger partial charge in [0.15, 0.2) is 0 Å². The van der Waals surface area contributed by atoms with Gasteiger partial charge in [0, 0.05) is 31.6 Å². The molecule has 0 aliphatic carbocycles. The van der Waals surface area contributed by atoms with Gasteiger partial charge in [0.25, 0.3) is 0 Å². The van der Waals surface area contributed by atoms with Gasteiger partial charge in [-0.2, -0.15) is 0 Å². The van der Waals surface area contributed by atoms with Gasteiger partial charge in [-0.1, -0.05) is 30.3 Å². The van der Waals surface area contributed by atoms with Crippen molar-refractivity contribution in [2.24, 2.45) is 0 Å². The van der Waals surface area contributed by atoms with Crippen LogP contribution in [0.1, 0.15) is 23.6 Å². The van der Waals surface area contributed by atoms with Crippen LogP contribution in [0.25, 0.3) is 0 Å². The summed E-state index contributed by atoms with van der Waals surface area (Å²) in [5, 5.41) is 9.30. The summed E-state index contributed by atoms with van der Waals surface area (Å²) >= 11 is 0. The number of nitrogens with zero attached hydrogens (tertiary/aromatic N) is 2. The van der Waals surface area contributed by atoms with Crippen molar-refractivity contribution in [3.63, 3.8) is 0 Å². The molecule has 1 atom stereocenters. The van der Waals surface area contributed by atoms with Crippen LogP contribution in [0.15, 0.2) is 54.9 Å². The summed E-state index contributed by atoms with van der Waals surface area (Å²) < 4.78 is 0. The molecule has 0 amide bonds. The standard InChI is InChI=1S/C17H22N2O/c1-19(13-9-15-7-11-18-12-8-15)17(10-14-20)16-5-3-2-4-6-16/h2-8,11-12,17,20H,9-10,13-14H2,1H3. The van der Waals surface area contributed by atoms with Crippen molar-refractivity contribution in [2.75, 3.05) is 20.2 Å². The van der Waals surface area contributed by atoms with Gasteiger partial charge >= 0.3 is 0 Å². The van der Waals surface area contributed by atoms with Crippen molar-refractivity contribution in [2.45, 2.75) is 18.9 Å². The molecular weight excluding hydrogens is 248 g/mol. The van der Waals surface area contributed by atoms with Crippen molar-refractivity contribution in [3.05, 3.63) is 66.0 Å². The number of benzene rings is 1. The summed E-state index contributed by atoms with van der Waals surface area (Å²) in [4.78, 5) is 6.35. The molecule has 0 bridgehead atoms. The predicted molar refractivity (Wildman–Crippen MR) is 81.5 cm³/mol. The molecular formula is C17H22N2O. The first-order valence-corrected chi connectivity index (χ1v) is 7.06. The minimum Gasteiger partial charge on any atom is -0.396 e. The van der Waals surface area contributed by atoms with Crippen LogP contribution in [0.5, 0.6) is 0 Å². The fourth-order valence-corrected chi connectivity index (χ4v) is 2.45. The average Bonchev–Trinajstić information content (AvgIpc) is 2.52. The zero-order valence-corrected chi connectivity index (χ0v) is 11.9. The van der Waals surface area contributed by atoms with Crippen LogP contribution in [0.2, 0.25) is 0 Å². The number of likely N-dealkylation sites (N-methyl/N-ethyl adjacent to an activating group) is 1. The molecule has 1 aromatic heterocycles. The van der Waals surface area contributed by atoms with Gasteiger partial charge in [0.1, 0.15) is 0 Å². The van der Waals surface area contributed by atoms with Gasteiger partial charge in [0.2, 0.25) is 0 Å². The summed E-state index contributed by atoms with van der Waals surface area (Å²) in [5.74, 6) is 0. The van der Waals surface area contributed by atoms with Crippen LogP contribution in [-0.4, -0.2) is 35.2 Å². The van der Waals surface area contributed by atoms with E-state index in [0.29, 0.717) is 0 Å². The highest BCUT2D eigenvalue weighted by Gasteiger charge is 2.15. The van der Waals surface area contributed by atoms with E-state index in [9.17, 15) is 5.11 Å². The average molecular weight is 270 g/mol. The predicted octanol–water partition coefficient (Wildman–Crippen LogP) is 2.68. The van der Waals surface area contributed by atoms with Crippen LogP contribution in [0, 0.1) is 0 Å². The van der Waals surface area contributed by atoms with E-state index in [-0.39, 0.29) is 12.6 Å². The Hall–Kier alpha value is -1.71. The third-order valence-electron chi connectivity index (χ3n) is 3.62. The highest BCUT2D eigenvalue weighted by Crippen LogP contribution is 2.22. The Labute approximate surface area is 120 Å². The van der Waals surface area contributed by atoms with E-state index in [1.165, 1.54) is 11.1 Å². The number of aliphatic hydroxyl groups excluding tert-OH is 1. The summed E-state index contributed by atoms with van der Waals surface area (Å²) in [6.45, 7) is 1.17. The molecule has 0 aliphatic heterocycles. The molecule has 1 unspecified atom stereocenters. The zero-order chi connectivity index (χ0) is 14.2. The molecule has 0 radical (unpaired) electrons. The molecule has 0 spiro atoms. The summed E-state index contributed by atoms with van der Waals surface area (Å²) in [5.41, 5.74) is 2.56. The number of hydrogen-bond acceptors (Lipinski definition) is 3. The molecule has 1 aromatic carbocycles. The fourth-order valence-electron chi connectivity index (χ4n) is 2.45. The lowest BCUT2D eigenvalue weighted by Gasteiger charge is -2.28. The summed E-state index contributed by atoms with van der Waals surface area (Å²) in [6.07, 6.45) is 5.42. The Kier molecular flexibility index (Phi) is 5.71. The summed E-state index contributed by atoms with van der Waals surface area (Å²) in [6, 6.07) is 14.8. The highest BCUT2D eigenvalue weighted by molar-refractivity contribution is 5.19. The quantitative estimate of drug-likeness (QED) is 0.840. The number of pyridine rings is 1. The van der Waals surface area contributed by atoms with Crippen molar-refractivity contribution in [3.8, 4) is 0 Å². The molecule has 0 saturated heterocycles. The Morgan fingerprint density at radius 1 is 1.10 bits per heavy atom. The number of rotatable bonds is 7. The van der Waals surface area contributed by atoms with Gasteiger partial charge in [-0.05, 0) is 43.1 Å². The highest BCUT2D eigenvalue weighted by atomic mass is 16.3. The Morgan fingerprint density at radius 2 is 1.80 bits per heavy atom. The van der Waals surface area contributed by atoms with Gasteiger partial charge in [0.05, 0.1) is 0 Å². The molecule has 20 heavy (non-hydrogen) atoms. The Bertz CT molecular complexity index is 487. The van der Waals surface area contributed by atoms with Crippen LogP contribution in [0.4, 0.5) is 0 Å². The van der Waals surface area contributed by atoms with Gasteiger partial charge in [-0.25, -0.2) is 0 Å². The van der Waals surface area contributed by atoms with Crippen LogP contribution < -0.4 is 0 Å². The third-order valence-corrected chi connectivity index (χ3v) is 3.62. The first-order valence-electron chi connectivity index (χ1n) is 7.06. The van der Waals surface area contributed by atoms with E-state index in [0.717, 1.165) is 19.4 Å². The molecule has 0 aliphatic rings. The van der Waals surface area contributed by atoms with Gasteiger partial charge in [-0.15, -0.1) is 0 Å². The minimum atomic E-state index is 0.207. The Balaban J connectivity index is 1.99. The molecule has 2 aromatic rings. The second-order valence-corrected chi connectivity index (χ2v) is 5.02. The van der Waals surface area contributed by atoms with E-state index in [4.69, 9.17) is 0 Å². The fraction of sp³-hybridized carbons (Fsp3) is 0.353. The molecule has 1 N–H and O–H groups in total.